The Kier molecular flexibility index (Phi) is 6.56. The van der Waals surface area contributed by atoms with Gasteiger partial charge in [-0.25, -0.2) is 13.1 Å². The first-order valence-electron chi connectivity index (χ1n) is 13.7. The number of anilines is 2. The Morgan fingerprint density at radius 3 is 2.41 bits per heavy atom. The summed E-state index contributed by atoms with van der Waals surface area (Å²) >= 11 is 1.57. The maximum absolute atomic E-state index is 13.9. The lowest BCUT2D eigenvalue weighted by Gasteiger charge is -2.38. The summed E-state index contributed by atoms with van der Waals surface area (Å²) in [5.41, 5.74) is 4.26. The number of nitrogens with one attached hydrogen (secondary N) is 2. The van der Waals surface area contributed by atoms with Gasteiger partial charge in [0.05, 0.1) is 4.90 Å². The summed E-state index contributed by atoms with van der Waals surface area (Å²) in [6, 6.07) is 12.9. The molecule has 198 valence electrons. The van der Waals surface area contributed by atoms with Crippen LogP contribution in [0.3, 0.4) is 0 Å². The normalized spacial score (nSPS) is 22.2. The molecule has 2 spiro atoms. The fourth-order valence-electron chi connectivity index (χ4n) is 6.85. The molecule has 6 rings (SSSR count). The molecule has 0 saturated heterocycles. The Bertz CT molecular complexity index is 1290. The van der Waals surface area contributed by atoms with Crippen LogP contribution in [0.5, 0.6) is 0 Å². The highest BCUT2D eigenvalue weighted by Crippen LogP contribution is 2.62. The minimum Gasteiger partial charge on any atom is -0.330 e. The predicted octanol–water partition coefficient (Wildman–Crippen LogP) is 6.24. The van der Waals surface area contributed by atoms with Crippen LogP contribution >= 0.6 is 11.9 Å². The second kappa shape index (κ2) is 9.62. The molecule has 0 unspecified atom stereocenters. The van der Waals surface area contributed by atoms with Crippen LogP contribution < -0.4 is 14.3 Å². The van der Waals surface area contributed by atoms with Crippen molar-refractivity contribution < 1.29 is 13.2 Å². The van der Waals surface area contributed by atoms with Crippen molar-refractivity contribution in [3.63, 3.8) is 0 Å². The van der Waals surface area contributed by atoms with E-state index in [-0.39, 0.29) is 22.3 Å². The average molecular weight is 540 g/mol. The van der Waals surface area contributed by atoms with E-state index in [1.54, 1.807) is 36.2 Å². The highest BCUT2D eigenvalue weighted by atomic mass is 32.2. The van der Waals surface area contributed by atoms with E-state index >= 15 is 0 Å². The van der Waals surface area contributed by atoms with Crippen molar-refractivity contribution >= 4 is 39.3 Å². The molecule has 3 fully saturated rings. The summed E-state index contributed by atoms with van der Waals surface area (Å²) in [6.07, 6.45) is 14.4. The molecule has 2 N–H and O–H groups in total. The zero-order chi connectivity index (χ0) is 25.7. The van der Waals surface area contributed by atoms with E-state index in [1.807, 2.05) is 17.2 Å². The first kappa shape index (κ1) is 25.3. The molecular weight excluding hydrogens is 502 g/mol. The summed E-state index contributed by atoms with van der Waals surface area (Å²) < 4.78 is 32.6. The van der Waals surface area contributed by atoms with Crippen molar-refractivity contribution in [3.05, 3.63) is 53.6 Å². The Morgan fingerprint density at radius 1 is 0.973 bits per heavy atom. The predicted molar refractivity (Wildman–Crippen MR) is 151 cm³/mol. The van der Waals surface area contributed by atoms with Crippen molar-refractivity contribution in [3.8, 4) is 0 Å². The highest BCUT2D eigenvalue weighted by Gasteiger charge is 2.53. The molecule has 1 aliphatic heterocycles. The van der Waals surface area contributed by atoms with Gasteiger partial charge < -0.3 is 9.62 Å². The van der Waals surface area contributed by atoms with Gasteiger partial charge in [-0.1, -0.05) is 37.3 Å². The number of carbonyl (C=O) groups is 1. The Hall–Kier alpha value is -2.03. The average Bonchev–Trinajstić information content (AvgIpc) is 3.61. The summed E-state index contributed by atoms with van der Waals surface area (Å²) in [5, 5.41) is 0. The van der Waals surface area contributed by atoms with E-state index in [0.29, 0.717) is 17.5 Å². The van der Waals surface area contributed by atoms with Gasteiger partial charge in [0, 0.05) is 41.2 Å². The minimum atomic E-state index is -3.68. The molecule has 2 aromatic rings. The van der Waals surface area contributed by atoms with Gasteiger partial charge in [0.15, 0.2) is 0 Å². The van der Waals surface area contributed by atoms with Crippen LogP contribution in [-0.2, 0) is 15.4 Å². The number of nitrogens with zero attached hydrogens (tertiary/aromatic N) is 1. The lowest BCUT2D eigenvalue weighted by molar-refractivity contribution is 0.0980. The molecule has 4 aliphatic rings. The first-order valence-corrected chi connectivity index (χ1v) is 16.4. The quantitative estimate of drug-likeness (QED) is 0.425. The fourth-order valence-corrected chi connectivity index (χ4v) is 8.57. The van der Waals surface area contributed by atoms with Gasteiger partial charge in [0.1, 0.15) is 0 Å². The second-order valence-corrected chi connectivity index (χ2v) is 14.0. The molecule has 3 aliphatic carbocycles. The molecular formula is C29H37N3O3S2. The second-order valence-electron chi connectivity index (χ2n) is 11.7. The van der Waals surface area contributed by atoms with Crippen molar-refractivity contribution in [2.24, 2.45) is 5.41 Å². The van der Waals surface area contributed by atoms with Gasteiger partial charge >= 0.3 is 0 Å². The third-order valence-corrected chi connectivity index (χ3v) is 11.3. The molecule has 37 heavy (non-hydrogen) atoms. The third-order valence-electron chi connectivity index (χ3n) is 9.33. The summed E-state index contributed by atoms with van der Waals surface area (Å²) in [5.74, 6) is -0.120. The van der Waals surface area contributed by atoms with Crippen LogP contribution in [0.25, 0.3) is 0 Å². The third kappa shape index (κ3) is 4.81. The van der Waals surface area contributed by atoms with Crippen LogP contribution in [0.2, 0.25) is 0 Å². The Balaban J connectivity index is 1.29. The number of benzene rings is 2. The number of carbonyl (C=O) groups excluding carboxylic acids is 1. The molecule has 1 amide bonds. The molecule has 3 saturated carbocycles. The van der Waals surface area contributed by atoms with Gasteiger partial charge in [0.2, 0.25) is 10.0 Å². The van der Waals surface area contributed by atoms with Gasteiger partial charge in [0.25, 0.3) is 5.91 Å². The zero-order valence-corrected chi connectivity index (χ0v) is 23.2. The van der Waals surface area contributed by atoms with Crippen LogP contribution in [0.1, 0.15) is 86.6 Å². The molecule has 0 bridgehead atoms. The summed E-state index contributed by atoms with van der Waals surface area (Å²) in [4.78, 5) is 16.0. The van der Waals surface area contributed by atoms with E-state index in [0.717, 1.165) is 56.3 Å². The van der Waals surface area contributed by atoms with Gasteiger partial charge in [-0.05, 0) is 98.7 Å². The van der Waals surface area contributed by atoms with E-state index < -0.39 is 10.0 Å². The van der Waals surface area contributed by atoms with Gasteiger partial charge in [-0.3, -0.25) is 4.79 Å². The number of amides is 1. The molecule has 0 radical (unpaired) electrons. The first-order chi connectivity index (χ1) is 17.8. The van der Waals surface area contributed by atoms with Crippen molar-refractivity contribution in [2.75, 3.05) is 22.4 Å². The number of sulfonamides is 1. The molecule has 8 heteroatoms. The zero-order valence-electron chi connectivity index (χ0n) is 21.6. The monoisotopic (exact) mass is 539 g/mol. The lowest BCUT2D eigenvalue weighted by Crippen LogP contribution is -2.40. The molecule has 0 aromatic heterocycles. The van der Waals surface area contributed by atoms with E-state index in [1.165, 1.54) is 31.2 Å². The number of fused-ring (bicyclic) bond motifs is 2. The number of hydrogen-bond donors (Lipinski definition) is 2. The maximum atomic E-state index is 13.9. The molecule has 0 atom stereocenters. The summed E-state index contributed by atoms with van der Waals surface area (Å²) in [7, 11) is -3.68. The smallest absolute Gasteiger partial charge is 0.258 e. The van der Waals surface area contributed by atoms with E-state index in [9.17, 15) is 13.2 Å². The van der Waals surface area contributed by atoms with Crippen molar-refractivity contribution in [2.45, 2.75) is 87.0 Å². The minimum absolute atomic E-state index is 0.0198. The maximum Gasteiger partial charge on any atom is 0.258 e. The standard InChI is InChI=1S/C29H37N3O3S2/c1-36-30-23-10-11-26-25(19-23)29(16-14-28(12-13-28)15-17-29)20-32(26)27(33)21-6-5-9-24(18-21)37(34,35)31-22-7-3-2-4-8-22/h5-6,9-11,18-19,22,30-31H,2-4,7-8,12-17,20H2,1H3. The Labute approximate surface area is 225 Å². The van der Waals surface area contributed by atoms with E-state index in [2.05, 4.69) is 21.6 Å². The molecule has 2 aromatic carbocycles. The van der Waals surface area contributed by atoms with Crippen LogP contribution in [-0.4, -0.2) is 33.2 Å². The fraction of sp³-hybridized carbons (Fsp3) is 0.552. The van der Waals surface area contributed by atoms with Crippen molar-refractivity contribution in [1.29, 1.82) is 0 Å². The molecule has 6 nitrogen and oxygen atoms in total. The largest absolute Gasteiger partial charge is 0.330 e. The highest BCUT2D eigenvalue weighted by molar-refractivity contribution is 7.99. The van der Waals surface area contributed by atoms with Crippen LogP contribution in [0.4, 0.5) is 11.4 Å². The van der Waals surface area contributed by atoms with Gasteiger partial charge in [-0.15, -0.1) is 0 Å². The number of rotatable bonds is 6. The van der Waals surface area contributed by atoms with Gasteiger partial charge in [-0.2, -0.15) is 0 Å². The Morgan fingerprint density at radius 2 is 1.70 bits per heavy atom. The van der Waals surface area contributed by atoms with Crippen LogP contribution in [0, 0.1) is 5.41 Å². The lowest BCUT2D eigenvalue weighted by atomic mass is 9.66. The van der Waals surface area contributed by atoms with Crippen molar-refractivity contribution in [1.82, 2.24) is 4.72 Å². The topological polar surface area (TPSA) is 78.5 Å². The molecule has 1 heterocycles. The summed E-state index contributed by atoms with van der Waals surface area (Å²) in [6.45, 7) is 0.664. The van der Waals surface area contributed by atoms with E-state index in [4.69, 9.17) is 0 Å². The van der Waals surface area contributed by atoms with Crippen LogP contribution in [0.15, 0.2) is 47.4 Å². The number of hydrogen-bond acceptors (Lipinski definition) is 5. The SMILES string of the molecule is CSNc1ccc2c(c1)C1(CCC3(CC3)CC1)CN2C(=O)c1cccc(S(=O)(=O)NC2CCCCC2)c1.